The second kappa shape index (κ2) is 9.19. The standard InChI is InChI=1S/C21H29FN4O2S/c1-4-25(5-2)29(27,28)26-12-6-7-17(15-26)21-14-20(13-16(3)23-21)24-19-10-8-18(22)9-11-19/h8-11,13-14,17H,4-7,12,15H2,1-3H3,(H,23,24)/t17-/m0/s1. The first-order chi connectivity index (χ1) is 13.8. The fraction of sp³-hybridized carbons (Fsp3) is 0.476. The molecule has 158 valence electrons. The predicted molar refractivity (Wildman–Crippen MR) is 114 cm³/mol. The minimum Gasteiger partial charge on any atom is -0.355 e. The minimum absolute atomic E-state index is 0.0442. The van der Waals surface area contributed by atoms with Crippen LogP contribution in [0.5, 0.6) is 0 Å². The molecule has 6 nitrogen and oxygen atoms in total. The van der Waals surface area contributed by atoms with Gasteiger partial charge in [-0.05, 0) is 56.2 Å². The van der Waals surface area contributed by atoms with Crippen molar-refractivity contribution in [3.63, 3.8) is 0 Å². The van der Waals surface area contributed by atoms with Gasteiger partial charge in [-0.15, -0.1) is 0 Å². The average Bonchev–Trinajstić information content (AvgIpc) is 2.70. The Morgan fingerprint density at radius 2 is 1.86 bits per heavy atom. The van der Waals surface area contributed by atoms with Crippen molar-refractivity contribution in [2.45, 2.75) is 39.5 Å². The maximum absolute atomic E-state index is 13.1. The second-order valence-corrected chi connectivity index (χ2v) is 9.27. The molecule has 1 aliphatic heterocycles. The summed E-state index contributed by atoms with van der Waals surface area (Å²) < 4.78 is 42.1. The van der Waals surface area contributed by atoms with E-state index in [0.717, 1.165) is 35.6 Å². The molecule has 1 fully saturated rings. The minimum atomic E-state index is -3.45. The highest BCUT2D eigenvalue weighted by Crippen LogP contribution is 2.30. The Labute approximate surface area is 172 Å². The lowest BCUT2D eigenvalue weighted by Crippen LogP contribution is -2.47. The third-order valence-corrected chi connectivity index (χ3v) is 7.42. The summed E-state index contributed by atoms with van der Waals surface area (Å²) >= 11 is 0. The van der Waals surface area contributed by atoms with Crippen LogP contribution in [0.1, 0.15) is 44.0 Å². The molecule has 0 aliphatic carbocycles. The Kier molecular flexibility index (Phi) is 6.87. The number of nitrogens with zero attached hydrogens (tertiary/aromatic N) is 3. The zero-order valence-corrected chi connectivity index (χ0v) is 18.0. The quantitative estimate of drug-likeness (QED) is 0.734. The number of aromatic nitrogens is 1. The molecule has 0 amide bonds. The van der Waals surface area contributed by atoms with Gasteiger partial charge in [-0.2, -0.15) is 17.0 Å². The molecule has 2 aromatic rings. The van der Waals surface area contributed by atoms with Gasteiger partial charge in [-0.25, -0.2) is 4.39 Å². The van der Waals surface area contributed by atoms with E-state index in [0.29, 0.717) is 26.2 Å². The number of nitrogens with one attached hydrogen (secondary N) is 1. The van der Waals surface area contributed by atoms with Crippen LogP contribution >= 0.6 is 0 Å². The average molecular weight is 421 g/mol. The van der Waals surface area contributed by atoms with Crippen molar-refractivity contribution in [1.29, 1.82) is 0 Å². The zero-order chi connectivity index (χ0) is 21.0. The summed E-state index contributed by atoms with van der Waals surface area (Å²) in [6, 6.07) is 10.1. The molecule has 29 heavy (non-hydrogen) atoms. The van der Waals surface area contributed by atoms with Crippen LogP contribution in [0, 0.1) is 12.7 Å². The summed E-state index contributed by atoms with van der Waals surface area (Å²) in [6.45, 7) is 7.55. The second-order valence-electron chi connectivity index (χ2n) is 7.34. The largest absolute Gasteiger partial charge is 0.355 e. The number of benzene rings is 1. The normalized spacial score (nSPS) is 18.2. The molecule has 8 heteroatoms. The molecule has 1 saturated heterocycles. The number of rotatable bonds is 7. The van der Waals surface area contributed by atoms with Crippen LogP contribution in [-0.4, -0.2) is 48.2 Å². The molecule has 0 bridgehead atoms. The topological polar surface area (TPSA) is 65.5 Å². The van der Waals surface area contributed by atoms with E-state index >= 15 is 0 Å². The maximum atomic E-state index is 13.1. The van der Waals surface area contributed by atoms with Gasteiger partial charge in [0.05, 0.1) is 0 Å². The van der Waals surface area contributed by atoms with Crippen LogP contribution in [-0.2, 0) is 10.2 Å². The summed E-state index contributed by atoms with van der Waals surface area (Å²) in [5.41, 5.74) is 3.39. The number of anilines is 2. The summed E-state index contributed by atoms with van der Waals surface area (Å²) in [5, 5.41) is 3.28. The highest BCUT2D eigenvalue weighted by atomic mass is 32.2. The first-order valence-electron chi connectivity index (χ1n) is 10.1. The van der Waals surface area contributed by atoms with Crippen LogP contribution in [0.3, 0.4) is 0 Å². The molecule has 1 aliphatic rings. The fourth-order valence-corrected chi connectivity index (χ4v) is 5.49. The van der Waals surface area contributed by atoms with E-state index in [1.165, 1.54) is 16.4 Å². The summed E-state index contributed by atoms with van der Waals surface area (Å²) in [6.07, 6.45) is 1.71. The van der Waals surface area contributed by atoms with E-state index in [1.807, 2.05) is 32.9 Å². The van der Waals surface area contributed by atoms with Crippen molar-refractivity contribution in [3.05, 3.63) is 53.6 Å². The molecule has 0 unspecified atom stereocenters. The maximum Gasteiger partial charge on any atom is 0.281 e. The molecular weight excluding hydrogens is 391 g/mol. The molecule has 1 atom stereocenters. The van der Waals surface area contributed by atoms with Crippen LogP contribution < -0.4 is 5.32 Å². The Bertz CT molecular complexity index is 930. The van der Waals surface area contributed by atoms with E-state index < -0.39 is 10.2 Å². The van der Waals surface area contributed by atoms with Crippen molar-refractivity contribution in [1.82, 2.24) is 13.6 Å². The Hall–Kier alpha value is -2.03. The van der Waals surface area contributed by atoms with Crippen LogP contribution in [0.2, 0.25) is 0 Å². The monoisotopic (exact) mass is 420 g/mol. The first kappa shape index (κ1) is 21.7. The number of piperidine rings is 1. The molecule has 3 rings (SSSR count). The highest BCUT2D eigenvalue weighted by Gasteiger charge is 2.33. The SMILES string of the molecule is CCN(CC)S(=O)(=O)N1CCC[C@H](c2cc(Nc3ccc(F)cc3)cc(C)n2)C1. The van der Waals surface area contributed by atoms with E-state index in [1.54, 1.807) is 16.4 Å². The summed E-state index contributed by atoms with van der Waals surface area (Å²) in [7, 11) is -3.45. The third-order valence-electron chi connectivity index (χ3n) is 5.27. The molecule has 0 spiro atoms. The first-order valence-corrected chi connectivity index (χ1v) is 11.5. The van der Waals surface area contributed by atoms with Gasteiger partial charge in [0.2, 0.25) is 0 Å². The van der Waals surface area contributed by atoms with Gasteiger partial charge in [-0.1, -0.05) is 13.8 Å². The number of halogens is 1. The lowest BCUT2D eigenvalue weighted by atomic mass is 9.95. The predicted octanol–water partition coefficient (Wildman–Crippen LogP) is 4.04. The highest BCUT2D eigenvalue weighted by molar-refractivity contribution is 7.86. The summed E-state index contributed by atoms with van der Waals surface area (Å²) in [4.78, 5) is 4.68. The van der Waals surface area contributed by atoms with Crippen molar-refractivity contribution in [2.75, 3.05) is 31.5 Å². The van der Waals surface area contributed by atoms with Gasteiger partial charge < -0.3 is 5.32 Å². The number of hydrogen-bond donors (Lipinski definition) is 1. The van der Waals surface area contributed by atoms with E-state index in [2.05, 4.69) is 10.3 Å². The lowest BCUT2D eigenvalue weighted by Gasteiger charge is -2.35. The molecule has 1 aromatic heterocycles. The van der Waals surface area contributed by atoms with Gasteiger partial charge in [0, 0.05) is 54.9 Å². The number of pyridine rings is 1. The van der Waals surface area contributed by atoms with Gasteiger partial charge >= 0.3 is 0 Å². The smallest absolute Gasteiger partial charge is 0.281 e. The molecule has 0 radical (unpaired) electrons. The lowest BCUT2D eigenvalue weighted by molar-refractivity contribution is 0.285. The van der Waals surface area contributed by atoms with E-state index in [-0.39, 0.29) is 11.7 Å². The van der Waals surface area contributed by atoms with Gasteiger partial charge in [0.15, 0.2) is 0 Å². The number of hydrogen-bond acceptors (Lipinski definition) is 4. The number of aryl methyl sites for hydroxylation is 1. The Balaban J connectivity index is 1.81. The molecule has 1 N–H and O–H groups in total. The van der Waals surface area contributed by atoms with Crippen molar-refractivity contribution in [2.24, 2.45) is 0 Å². The zero-order valence-electron chi connectivity index (χ0n) is 17.2. The van der Waals surface area contributed by atoms with E-state index in [4.69, 9.17) is 0 Å². The molecule has 0 saturated carbocycles. The van der Waals surface area contributed by atoms with Gasteiger partial charge in [0.1, 0.15) is 5.82 Å². The van der Waals surface area contributed by atoms with Gasteiger partial charge in [0.25, 0.3) is 10.2 Å². The Morgan fingerprint density at radius 1 is 1.17 bits per heavy atom. The van der Waals surface area contributed by atoms with Crippen LogP contribution in [0.25, 0.3) is 0 Å². The van der Waals surface area contributed by atoms with Crippen molar-refractivity contribution < 1.29 is 12.8 Å². The van der Waals surface area contributed by atoms with Crippen LogP contribution in [0.15, 0.2) is 36.4 Å². The Morgan fingerprint density at radius 3 is 2.52 bits per heavy atom. The van der Waals surface area contributed by atoms with Crippen molar-refractivity contribution in [3.8, 4) is 0 Å². The summed E-state index contributed by atoms with van der Waals surface area (Å²) in [5.74, 6) is -0.235. The molecular formula is C21H29FN4O2S. The molecule has 2 heterocycles. The van der Waals surface area contributed by atoms with Crippen molar-refractivity contribution >= 4 is 21.6 Å². The van der Waals surface area contributed by atoms with Crippen LogP contribution in [0.4, 0.5) is 15.8 Å². The van der Waals surface area contributed by atoms with Gasteiger partial charge in [-0.3, -0.25) is 4.98 Å². The van der Waals surface area contributed by atoms with E-state index in [9.17, 15) is 12.8 Å². The fourth-order valence-electron chi connectivity index (χ4n) is 3.78. The third kappa shape index (κ3) is 5.12. The molecule has 1 aromatic carbocycles.